The minimum absolute atomic E-state index is 0.00307. The van der Waals surface area contributed by atoms with Crippen molar-refractivity contribution in [3.63, 3.8) is 0 Å². The lowest BCUT2D eigenvalue weighted by Gasteiger charge is -2.39. The first-order valence-electron chi connectivity index (χ1n) is 11.1. The topological polar surface area (TPSA) is 84.9 Å². The number of phenolic OH excluding ortho intramolecular Hbond substituents is 1. The number of benzene rings is 1. The van der Waals surface area contributed by atoms with Crippen molar-refractivity contribution in [3.8, 4) is 11.5 Å². The number of Topliss-reactive ketones (excluding diaryl/α,β-unsaturated/α-hetero) is 1. The Kier molecular flexibility index (Phi) is 6.61. The quantitative estimate of drug-likeness (QED) is 0.589. The van der Waals surface area contributed by atoms with E-state index in [-0.39, 0.29) is 23.4 Å². The Morgan fingerprint density at radius 1 is 1.27 bits per heavy atom. The Bertz CT molecular complexity index is 1120. The van der Waals surface area contributed by atoms with E-state index in [0.29, 0.717) is 30.0 Å². The molecule has 2 heterocycles. The monoisotopic (exact) mass is 467 g/mol. The standard InChI is InChI=1S/C26H29NO5S/c1-14(2)13-32-26(30)23-15(3)27-18-10-17(22-6-5-9-33-22)11-20(29)25(18)24(23)16-7-8-19(28)21(12-16)31-4/h5-10,12,14,17,24-25,27-28H,11,13H2,1-4H3. The van der Waals surface area contributed by atoms with E-state index in [1.54, 1.807) is 23.5 Å². The largest absolute Gasteiger partial charge is 0.504 e. The van der Waals surface area contributed by atoms with Crippen molar-refractivity contribution >= 4 is 23.1 Å². The van der Waals surface area contributed by atoms with Crippen LogP contribution in [0, 0.1) is 11.8 Å². The first-order chi connectivity index (χ1) is 15.8. The fraction of sp³-hybridized carbons (Fsp3) is 0.385. The van der Waals surface area contributed by atoms with E-state index < -0.39 is 17.8 Å². The number of ether oxygens (including phenoxy) is 2. The van der Waals surface area contributed by atoms with E-state index in [2.05, 4.69) is 11.4 Å². The Balaban J connectivity index is 1.82. The summed E-state index contributed by atoms with van der Waals surface area (Å²) in [5, 5.41) is 15.5. The van der Waals surface area contributed by atoms with Crippen LogP contribution in [0.5, 0.6) is 11.5 Å². The Labute approximate surface area is 197 Å². The van der Waals surface area contributed by atoms with Gasteiger partial charge in [0.1, 0.15) is 5.78 Å². The van der Waals surface area contributed by atoms with Gasteiger partial charge in [0.25, 0.3) is 0 Å². The van der Waals surface area contributed by atoms with Crippen molar-refractivity contribution in [2.24, 2.45) is 11.8 Å². The second kappa shape index (κ2) is 9.43. The molecule has 2 aromatic rings. The number of hydrogen-bond acceptors (Lipinski definition) is 7. The van der Waals surface area contributed by atoms with E-state index >= 15 is 0 Å². The van der Waals surface area contributed by atoms with Crippen LogP contribution < -0.4 is 10.1 Å². The molecule has 1 aliphatic heterocycles. The zero-order chi connectivity index (χ0) is 23.7. The van der Waals surface area contributed by atoms with Crippen LogP contribution >= 0.6 is 11.3 Å². The van der Waals surface area contributed by atoms with E-state index in [4.69, 9.17) is 9.47 Å². The number of ketones is 1. The maximum Gasteiger partial charge on any atom is 0.336 e. The van der Waals surface area contributed by atoms with Crippen LogP contribution in [-0.4, -0.2) is 30.6 Å². The molecule has 0 amide bonds. The summed E-state index contributed by atoms with van der Waals surface area (Å²) >= 11 is 1.64. The molecule has 0 fully saturated rings. The lowest BCUT2D eigenvalue weighted by Crippen LogP contribution is -2.42. The van der Waals surface area contributed by atoms with Gasteiger partial charge in [-0.3, -0.25) is 4.79 Å². The van der Waals surface area contributed by atoms with Gasteiger partial charge < -0.3 is 19.9 Å². The highest BCUT2D eigenvalue weighted by Crippen LogP contribution is 2.47. The molecule has 2 aliphatic rings. The average molecular weight is 468 g/mol. The summed E-state index contributed by atoms with van der Waals surface area (Å²) in [5.41, 5.74) is 2.64. The van der Waals surface area contributed by atoms with Crippen LogP contribution in [0.15, 0.2) is 58.8 Å². The number of fused-ring (bicyclic) bond motifs is 1. The van der Waals surface area contributed by atoms with Crippen molar-refractivity contribution in [1.82, 2.24) is 5.32 Å². The van der Waals surface area contributed by atoms with Gasteiger partial charge in [0.15, 0.2) is 11.5 Å². The van der Waals surface area contributed by atoms with Gasteiger partial charge >= 0.3 is 5.97 Å². The van der Waals surface area contributed by atoms with E-state index in [9.17, 15) is 14.7 Å². The molecule has 7 heteroatoms. The van der Waals surface area contributed by atoms with Gasteiger partial charge in [0, 0.05) is 34.5 Å². The molecule has 0 saturated carbocycles. The lowest BCUT2D eigenvalue weighted by molar-refractivity contribution is -0.140. The molecule has 3 unspecified atom stereocenters. The van der Waals surface area contributed by atoms with Gasteiger partial charge in [-0.2, -0.15) is 0 Å². The first kappa shape index (κ1) is 23.1. The minimum Gasteiger partial charge on any atom is -0.504 e. The molecule has 1 aromatic heterocycles. The number of carbonyl (C=O) groups is 2. The van der Waals surface area contributed by atoms with Crippen LogP contribution in [-0.2, 0) is 14.3 Å². The molecule has 174 valence electrons. The number of nitrogens with one attached hydrogen (secondary N) is 1. The maximum atomic E-state index is 13.5. The molecular formula is C26H29NO5S. The fourth-order valence-corrected chi connectivity index (χ4v) is 5.39. The highest BCUT2D eigenvalue weighted by atomic mass is 32.1. The van der Waals surface area contributed by atoms with Gasteiger partial charge in [-0.15, -0.1) is 11.3 Å². The van der Waals surface area contributed by atoms with Gasteiger partial charge in [0.2, 0.25) is 0 Å². The number of carbonyl (C=O) groups excluding carboxylic acids is 2. The van der Waals surface area contributed by atoms with Crippen LogP contribution in [0.4, 0.5) is 0 Å². The average Bonchev–Trinajstić information content (AvgIpc) is 3.32. The number of allylic oxidation sites excluding steroid dienone is 3. The molecule has 2 N–H and O–H groups in total. The normalized spacial score (nSPS) is 22.5. The number of esters is 1. The van der Waals surface area contributed by atoms with Crippen LogP contribution in [0.1, 0.15) is 49.5 Å². The molecule has 0 saturated heterocycles. The van der Waals surface area contributed by atoms with Crippen molar-refractivity contribution in [2.75, 3.05) is 13.7 Å². The molecule has 1 aliphatic carbocycles. The summed E-state index contributed by atoms with van der Waals surface area (Å²) in [6.07, 6.45) is 2.48. The predicted octanol–water partition coefficient (Wildman–Crippen LogP) is 4.88. The van der Waals surface area contributed by atoms with Crippen molar-refractivity contribution < 1.29 is 24.2 Å². The van der Waals surface area contributed by atoms with Crippen LogP contribution in [0.25, 0.3) is 0 Å². The summed E-state index contributed by atoms with van der Waals surface area (Å²) in [6, 6.07) is 9.01. The van der Waals surface area contributed by atoms with E-state index in [0.717, 1.165) is 16.1 Å². The van der Waals surface area contributed by atoms with Crippen molar-refractivity contribution in [2.45, 2.75) is 39.0 Å². The molecule has 0 spiro atoms. The number of rotatable bonds is 6. The van der Waals surface area contributed by atoms with Gasteiger partial charge in [-0.1, -0.05) is 32.1 Å². The summed E-state index contributed by atoms with van der Waals surface area (Å²) in [6.45, 7) is 6.09. The second-order valence-electron chi connectivity index (χ2n) is 8.96. The van der Waals surface area contributed by atoms with E-state index in [1.165, 1.54) is 13.2 Å². The number of hydrogen-bond donors (Lipinski definition) is 2. The Morgan fingerprint density at radius 2 is 2.06 bits per heavy atom. The molecule has 0 radical (unpaired) electrons. The second-order valence-corrected chi connectivity index (χ2v) is 9.94. The van der Waals surface area contributed by atoms with Crippen molar-refractivity contribution in [3.05, 3.63) is 69.2 Å². The molecule has 33 heavy (non-hydrogen) atoms. The lowest BCUT2D eigenvalue weighted by atomic mass is 9.69. The third kappa shape index (κ3) is 4.55. The third-order valence-electron chi connectivity index (χ3n) is 6.10. The smallest absolute Gasteiger partial charge is 0.336 e. The Hall–Kier alpha value is -3.06. The van der Waals surface area contributed by atoms with Gasteiger partial charge in [0.05, 0.1) is 25.2 Å². The SMILES string of the molecule is COc1cc(C2C(C(=O)OCC(C)C)=C(C)NC3=CC(c4cccs4)CC(=O)C32)ccc1O. The maximum absolute atomic E-state index is 13.5. The molecule has 4 rings (SSSR count). The number of thiophene rings is 1. The highest BCUT2D eigenvalue weighted by molar-refractivity contribution is 7.10. The highest BCUT2D eigenvalue weighted by Gasteiger charge is 2.45. The number of phenols is 1. The summed E-state index contributed by atoms with van der Waals surface area (Å²) in [5.74, 6) is -0.947. The molecule has 0 bridgehead atoms. The first-order valence-corrected chi connectivity index (χ1v) is 12.0. The third-order valence-corrected chi connectivity index (χ3v) is 7.11. The molecule has 6 nitrogen and oxygen atoms in total. The summed E-state index contributed by atoms with van der Waals surface area (Å²) < 4.78 is 10.9. The van der Waals surface area contributed by atoms with Crippen molar-refractivity contribution in [1.29, 1.82) is 0 Å². The van der Waals surface area contributed by atoms with E-state index in [1.807, 2.05) is 38.3 Å². The van der Waals surface area contributed by atoms with Gasteiger partial charge in [-0.05, 0) is 42.0 Å². The van der Waals surface area contributed by atoms with Crippen LogP contribution in [0.3, 0.4) is 0 Å². The van der Waals surface area contributed by atoms with Crippen LogP contribution in [0.2, 0.25) is 0 Å². The Morgan fingerprint density at radius 3 is 2.73 bits per heavy atom. The molecular weight excluding hydrogens is 438 g/mol. The minimum atomic E-state index is -0.541. The zero-order valence-electron chi connectivity index (χ0n) is 19.3. The van der Waals surface area contributed by atoms with Gasteiger partial charge in [-0.25, -0.2) is 4.79 Å². The predicted molar refractivity (Wildman–Crippen MR) is 127 cm³/mol. The number of methoxy groups -OCH3 is 1. The number of aromatic hydroxyl groups is 1. The molecule has 3 atom stereocenters. The fourth-order valence-electron chi connectivity index (χ4n) is 4.60. The summed E-state index contributed by atoms with van der Waals surface area (Å²) in [7, 11) is 1.48. The molecule has 1 aromatic carbocycles. The summed E-state index contributed by atoms with van der Waals surface area (Å²) in [4.78, 5) is 27.9. The zero-order valence-corrected chi connectivity index (χ0v) is 20.1.